The van der Waals surface area contributed by atoms with Crippen molar-refractivity contribution >= 4 is 5.91 Å². The van der Waals surface area contributed by atoms with Crippen molar-refractivity contribution in [1.82, 2.24) is 10.2 Å². The predicted octanol–water partition coefficient (Wildman–Crippen LogP) is 3.49. The Balaban J connectivity index is 1.49. The van der Waals surface area contributed by atoms with Crippen molar-refractivity contribution in [1.29, 1.82) is 5.26 Å². The molecule has 2 aliphatic rings. The van der Waals surface area contributed by atoms with Crippen LogP contribution in [-0.4, -0.2) is 36.5 Å². The van der Waals surface area contributed by atoms with E-state index in [1.54, 1.807) is 24.3 Å². The third-order valence-electron chi connectivity index (χ3n) is 5.89. The molecule has 2 heterocycles. The van der Waals surface area contributed by atoms with Gasteiger partial charge >= 0.3 is 0 Å². The van der Waals surface area contributed by atoms with Crippen molar-refractivity contribution in [3.05, 3.63) is 65.0 Å². The zero-order chi connectivity index (χ0) is 20.2. The number of carbonyl (C=O) groups excluding carboxylic acids is 1. The molecule has 4 rings (SSSR count). The first-order valence-corrected chi connectivity index (χ1v) is 10.1. The van der Waals surface area contributed by atoms with Crippen molar-refractivity contribution in [3.8, 4) is 11.8 Å². The number of nitrogens with zero attached hydrogens (tertiary/aromatic N) is 2. The van der Waals surface area contributed by atoms with Gasteiger partial charge in [0.25, 0.3) is 5.91 Å². The summed E-state index contributed by atoms with van der Waals surface area (Å²) in [4.78, 5) is 15.1. The number of piperidine rings is 1. The Kier molecular flexibility index (Phi) is 5.77. The van der Waals surface area contributed by atoms with Gasteiger partial charge < -0.3 is 15.0 Å². The molecule has 1 fully saturated rings. The first-order valence-electron chi connectivity index (χ1n) is 10.1. The molecule has 1 atom stereocenters. The Morgan fingerprint density at radius 3 is 2.69 bits per heavy atom. The Morgan fingerprint density at radius 1 is 1.21 bits per heavy atom. The summed E-state index contributed by atoms with van der Waals surface area (Å²) in [7, 11) is 0. The fourth-order valence-electron chi connectivity index (χ4n) is 4.38. The smallest absolute Gasteiger partial charge is 0.254 e. The van der Waals surface area contributed by atoms with Crippen molar-refractivity contribution in [3.63, 3.8) is 0 Å². The molecule has 1 N–H and O–H groups in total. The van der Waals surface area contributed by atoms with Gasteiger partial charge in [-0.1, -0.05) is 0 Å². The van der Waals surface area contributed by atoms with Crippen LogP contribution in [0.2, 0.25) is 0 Å². The molecular formula is C23H24FN3O2. The predicted molar refractivity (Wildman–Crippen MR) is 107 cm³/mol. The highest BCUT2D eigenvalue weighted by molar-refractivity contribution is 5.98. The van der Waals surface area contributed by atoms with Gasteiger partial charge in [-0.3, -0.25) is 4.79 Å². The number of halogens is 1. The third-order valence-corrected chi connectivity index (χ3v) is 5.89. The highest BCUT2D eigenvalue weighted by atomic mass is 19.1. The average Bonchev–Trinajstić information content (AvgIpc) is 3.08. The zero-order valence-corrected chi connectivity index (χ0v) is 16.2. The number of fused-ring (bicyclic) bond motifs is 1. The van der Waals surface area contributed by atoms with Gasteiger partial charge in [0.05, 0.1) is 18.2 Å². The van der Waals surface area contributed by atoms with E-state index in [1.807, 2.05) is 11.0 Å². The average molecular weight is 393 g/mol. The summed E-state index contributed by atoms with van der Waals surface area (Å²) in [6, 6.07) is 13.5. The van der Waals surface area contributed by atoms with Crippen molar-refractivity contribution in [2.45, 2.75) is 31.8 Å². The minimum absolute atomic E-state index is 0.0369. The van der Waals surface area contributed by atoms with Gasteiger partial charge in [0, 0.05) is 24.6 Å². The molecule has 2 aromatic rings. The van der Waals surface area contributed by atoms with Gasteiger partial charge in [-0.05, 0) is 79.9 Å². The molecular weight excluding hydrogens is 369 g/mol. The van der Waals surface area contributed by atoms with Gasteiger partial charge in [0.1, 0.15) is 11.6 Å². The zero-order valence-electron chi connectivity index (χ0n) is 16.2. The van der Waals surface area contributed by atoms with E-state index >= 15 is 0 Å². The SMILES string of the molecule is N#Cc1ccc2c(c1)CN(C(CCOc1ccc(F)cc1)C1CCNCC1)C2=O. The summed E-state index contributed by atoms with van der Waals surface area (Å²) >= 11 is 0. The Morgan fingerprint density at radius 2 is 1.97 bits per heavy atom. The van der Waals surface area contributed by atoms with Crippen molar-refractivity contribution in [2.24, 2.45) is 5.92 Å². The molecule has 5 nitrogen and oxygen atoms in total. The van der Waals surface area contributed by atoms with Gasteiger partial charge in [0.2, 0.25) is 0 Å². The van der Waals surface area contributed by atoms with Crippen LogP contribution in [-0.2, 0) is 6.54 Å². The minimum Gasteiger partial charge on any atom is -0.494 e. The van der Waals surface area contributed by atoms with Crippen LogP contribution in [0.15, 0.2) is 42.5 Å². The molecule has 0 bridgehead atoms. The van der Waals surface area contributed by atoms with E-state index in [4.69, 9.17) is 10.00 Å². The van der Waals surface area contributed by atoms with Crippen molar-refractivity contribution < 1.29 is 13.9 Å². The summed E-state index contributed by atoms with van der Waals surface area (Å²) in [5, 5.41) is 12.5. The van der Waals surface area contributed by atoms with E-state index < -0.39 is 0 Å². The number of ether oxygens (including phenoxy) is 1. The Labute approximate surface area is 170 Å². The van der Waals surface area contributed by atoms with Gasteiger partial charge in [-0.25, -0.2) is 4.39 Å². The number of nitrogens with one attached hydrogen (secondary N) is 1. The molecule has 1 saturated heterocycles. The number of hydrogen-bond donors (Lipinski definition) is 1. The second-order valence-corrected chi connectivity index (χ2v) is 7.66. The van der Waals surface area contributed by atoms with Gasteiger partial charge in [-0.2, -0.15) is 5.26 Å². The molecule has 0 spiro atoms. The maximum atomic E-state index is 13.1. The maximum absolute atomic E-state index is 13.1. The first kappa shape index (κ1) is 19.4. The van der Waals surface area contributed by atoms with E-state index in [0.29, 0.717) is 42.4 Å². The van der Waals surface area contributed by atoms with Crippen LogP contribution in [0.1, 0.15) is 40.7 Å². The summed E-state index contributed by atoms with van der Waals surface area (Å²) in [5.41, 5.74) is 2.20. The van der Waals surface area contributed by atoms with Crippen LogP contribution in [0.3, 0.4) is 0 Å². The number of benzene rings is 2. The minimum atomic E-state index is -0.290. The molecule has 2 aliphatic heterocycles. The highest BCUT2D eigenvalue weighted by Gasteiger charge is 2.37. The normalized spacial score (nSPS) is 17.7. The molecule has 1 amide bonds. The fraction of sp³-hybridized carbons (Fsp3) is 0.391. The molecule has 0 aliphatic carbocycles. The van der Waals surface area contributed by atoms with Crippen molar-refractivity contribution in [2.75, 3.05) is 19.7 Å². The molecule has 0 aromatic heterocycles. The summed E-state index contributed by atoms with van der Waals surface area (Å²) in [6.45, 7) is 2.90. The molecule has 0 radical (unpaired) electrons. The monoisotopic (exact) mass is 393 g/mol. The molecule has 2 aromatic carbocycles. The van der Waals surface area contributed by atoms with E-state index in [9.17, 15) is 9.18 Å². The lowest BCUT2D eigenvalue weighted by molar-refractivity contribution is 0.0555. The third kappa shape index (κ3) is 4.25. The van der Waals surface area contributed by atoms with Crippen LogP contribution in [0.5, 0.6) is 5.75 Å². The standard InChI is InChI=1S/C23H24FN3O2/c24-19-2-4-20(5-3-19)29-12-9-22(17-7-10-26-11-8-17)27-15-18-13-16(14-25)1-6-21(18)23(27)28/h1-6,13,17,22,26H,7-12,15H2. The number of hydrogen-bond acceptors (Lipinski definition) is 4. The van der Waals surface area contributed by atoms with E-state index in [1.165, 1.54) is 12.1 Å². The molecule has 0 saturated carbocycles. The van der Waals surface area contributed by atoms with E-state index in [0.717, 1.165) is 31.5 Å². The molecule has 6 heteroatoms. The van der Waals surface area contributed by atoms with E-state index in [2.05, 4.69) is 11.4 Å². The van der Waals surface area contributed by atoms with Crippen LogP contribution in [0.4, 0.5) is 4.39 Å². The topological polar surface area (TPSA) is 65.4 Å². The lowest BCUT2D eigenvalue weighted by atomic mass is 9.87. The van der Waals surface area contributed by atoms with Gasteiger partial charge in [-0.15, -0.1) is 0 Å². The summed E-state index contributed by atoms with van der Waals surface area (Å²) in [6.07, 6.45) is 2.75. The molecule has 150 valence electrons. The lowest BCUT2D eigenvalue weighted by Gasteiger charge is -2.37. The number of rotatable bonds is 6. The Bertz CT molecular complexity index is 917. The second kappa shape index (κ2) is 8.62. The molecule has 29 heavy (non-hydrogen) atoms. The quantitative estimate of drug-likeness (QED) is 0.816. The number of nitriles is 1. The van der Waals surface area contributed by atoms with Crippen LogP contribution in [0.25, 0.3) is 0 Å². The highest BCUT2D eigenvalue weighted by Crippen LogP contribution is 2.32. The maximum Gasteiger partial charge on any atom is 0.254 e. The van der Waals surface area contributed by atoms with Crippen LogP contribution >= 0.6 is 0 Å². The largest absolute Gasteiger partial charge is 0.494 e. The first-order chi connectivity index (χ1) is 14.2. The lowest BCUT2D eigenvalue weighted by Crippen LogP contribution is -2.45. The van der Waals surface area contributed by atoms with Gasteiger partial charge in [0.15, 0.2) is 0 Å². The number of amides is 1. The second-order valence-electron chi connectivity index (χ2n) is 7.66. The number of carbonyl (C=O) groups is 1. The van der Waals surface area contributed by atoms with E-state index in [-0.39, 0.29) is 17.8 Å². The summed E-state index contributed by atoms with van der Waals surface area (Å²) in [5.74, 6) is 0.781. The van der Waals surface area contributed by atoms with Crippen LogP contribution < -0.4 is 10.1 Å². The fourth-order valence-corrected chi connectivity index (χ4v) is 4.38. The summed E-state index contributed by atoms with van der Waals surface area (Å²) < 4.78 is 18.9. The Hall–Kier alpha value is -2.91. The molecule has 1 unspecified atom stereocenters. The van der Waals surface area contributed by atoms with Crippen LogP contribution in [0, 0.1) is 23.1 Å².